The van der Waals surface area contributed by atoms with Crippen molar-refractivity contribution in [3.63, 3.8) is 0 Å². The predicted octanol–water partition coefficient (Wildman–Crippen LogP) is 9.27. The lowest BCUT2D eigenvalue weighted by atomic mass is 9.85. The van der Waals surface area contributed by atoms with Gasteiger partial charge in [-0.2, -0.15) is 5.10 Å². The fourth-order valence-electron chi connectivity index (χ4n) is 7.18. The zero-order chi connectivity index (χ0) is 29.8. The van der Waals surface area contributed by atoms with Crippen molar-refractivity contribution in [3.05, 3.63) is 77.6 Å². The number of thiazole rings is 1. The maximum atomic E-state index is 6.35. The van der Waals surface area contributed by atoms with E-state index in [1.807, 2.05) is 30.2 Å². The van der Waals surface area contributed by atoms with E-state index in [-0.39, 0.29) is 0 Å². The van der Waals surface area contributed by atoms with Crippen molar-refractivity contribution >= 4 is 32.5 Å². The van der Waals surface area contributed by atoms with E-state index in [1.165, 1.54) is 38.9 Å². The van der Waals surface area contributed by atoms with Crippen LogP contribution in [0.3, 0.4) is 0 Å². The monoisotopic (exact) mass is 600 g/mol. The molecular formula is C37H36N4O2S. The van der Waals surface area contributed by atoms with Gasteiger partial charge in [-0.15, -0.1) is 11.3 Å². The Bertz CT molecular complexity index is 2040. The van der Waals surface area contributed by atoms with Crippen LogP contribution in [0.5, 0.6) is 11.5 Å². The Kier molecular flexibility index (Phi) is 6.86. The molecule has 2 aliphatic heterocycles. The van der Waals surface area contributed by atoms with Crippen LogP contribution in [0, 0.1) is 6.92 Å². The van der Waals surface area contributed by atoms with Gasteiger partial charge in [-0.05, 0) is 103 Å². The molecule has 1 atom stereocenters. The third-order valence-electron chi connectivity index (χ3n) is 9.42. The molecule has 8 rings (SSSR count). The summed E-state index contributed by atoms with van der Waals surface area (Å²) in [6.45, 7) is 5.95. The first kappa shape index (κ1) is 27.3. The van der Waals surface area contributed by atoms with Gasteiger partial charge in [0.2, 0.25) is 0 Å². The van der Waals surface area contributed by atoms with Crippen LogP contribution in [0.1, 0.15) is 61.6 Å². The summed E-state index contributed by atoms with van der Waals surface area (Å²) in [5.41, 5.74) is 11.8. The first-order chi connectivity index (χ1) is 21.6. The molecule has 2 aliphatic rings. The second-order valence-corrected chi connectivity index (χ2v) is 13.1. The lowest BCUT2D eigenvalue weighted by molar-refractivity contribution is 0.259. The van der Waals surface area contributed by atoms with Crippen LogP contribution in [0.4, 0.5) is 0 Å². The standard InChI is InChI=1S/C37H36N4O2S/c1-4-26-22(2)18-30-36-34(26)24-10-12-32-28(19-24)23(14-17-43-32)8-6-5-7-16-42-33-21-38-15-13-27(33)35-29-20-25(37(39-30)44-36)9-11-31(29)41(3)40-35/h9-13,15,18-21,23H,4-8,14,16-17H2,1-3H3. The van der Waals surface area contributed by atoms with Crippen LogP contribution in [0.15, 0.2) is 60.9 Å². The Hall–Kier alpha value is -4.23. The topological polar surface area (TPSA) is 62.1 Å². The molecule has 44 heavy (non-hydrogen) atoms. The minimum Gasteiger partial charge on any atom is -0.493 e. The maximum absolute atomic E-state index is 6.35. The zero-order valence-electron chi connectivity index (χ0n) is 25.5. The summed E-state index contributed by atoms with van der Waals surface area (Å²) < 4.78 is 15.7. The van der Waals surface area contributed by atoms with Gasteiger partial charge in [-0.25, -0.2) is 4.98 Å². The normalized spacial score (nSPS) is 16.6. The molecule has 0 radical (unpaired) electrons. The van der Waals surface area contributed by atoms with E-state index in [0.29, 0.717) is 12.5 Å². The number of hydrogen-bond acceptors (Lipinski definition) is 6. The number of ether oxygens (including phenoxy) is 2. The molecule has 6 nitrogen and oxygen atoms in total. The Morgan fingerprint density at radius 3 is 2.73 bits per heavy atom. The molecular weight excluding hydrogens is 565 g/mol. The molecule has 222 valence electrons. The van der Waals surface area contributed by atoms with Crippen molar-refractivity contribution in [2.75, 3.05) is 13.2 Å². The van der Waals surface area contributed by atoms with Crippen molar-refractivity contribution in [1.29, 1.82) is 0 Å². The highest BCUT2D eigenvalue weighted by atomic mass is 32.1. The van der Waals surface area contributed by atoms with Crippen LogP contribution < -0.4 is 9.47 Å². The molecule has 3 aromatic carbocycles. The van der Waals surface area contributed by atoms with Crippen LogP contribution in [-0.2, 0) is 13.5 Å². The smallest absolute Gasteiger partial charge is 0.147 e. The van der Waals surface area contributed by atoms with E-state index in [1.54, 1.807) is 11.3 Å². The maximum Gasteiger partial charge on any atom is 0.147 e. The number of fused-ring (bicyclic) bond motifs is 7. The van der Waals surface area contributed by atoms with Crippen LogP contribution in [-0.4, -0.2) is 33.0 Å². The van der Waals surface area contributed by atoms with E-state index in [4.69, 9.17) is 19.6 Å². The van der Waals surface area contributed by atoms with Gasteiger partial charge >= 0.3 is 0 Å². The van der Waals surface area contributed by atoms with E-state index in [2.05, 4.69) is 61.3 Å². The average molecular weight is 601 g/mol. The minimum atomic E-state index is 0.506. The van der Waals surface area contributed by atoms with Gasteiger partial charge < -0.3 is 9.47 Å². The minimum absolute atomic E-state index is 0.506. The molecule has 3 aromatic heterocycles. The number of nitrogens with zero attached hydrogens (tertiary/aromatic N) is 4. The van der Waals surface area contributed by atoms with Crippen LogP contribution in [0.2, 0.25) is 0 Å². The van der Waals surface area contributed by atoms with E-state index in [9.17, 15) is 0 Å². The molecule has 0 saturated carbocycles. The summed E-state index contributed by atoms with van der Waals surface area (Å²) in [5.74, 6) is 2.34. The Balaban J connectivity index is 1.36. The van der Waals surface area contributed by atoms with Crippen molar-refractivity contribution < 1.29 is 9.47 Å². The van der Waals surface area contributed by atoms with Gasteiger partial charge in [-0.1, -0.05) is 25.8 Å². The van der Waals surface area contributed by atoms with Gasteiger partial charge in [0.05, 0.1) is 35.1 Å². The third kappa shape index (κ3) is 4.56. The van der Waals surface area contributed by atoms with Crippen molar-refractivity contribution in [2.24, 2.45) is 7.05 Å². The zero-order valence-corrected chi connectivity index (χ0v) is 26.3. The lowest BCUT2D eigenvalue weighted by Crippen LogP contribution is -2.14. The quantitative estimate of drug-likeness (QED) is 0.188. The molecule has 0 saturated heterocycles. The number of benzene rings is 3. The fourth-order valence-corrected chi connectivity index (χ4v) is 8.31. The molecule has 0 fully saturated rings. The molecule has 6 bridgehead atoms. The Labute approximate surface area is 261 Å². The molecule has 0 spiro atoms. The van der Waals surface area contributed by atoms with Crippen LogP contribution >= 0.6 is 11.3 Å². The molecule has 7 heteroatoms. The number of aromatic nitrogens is 4. The predicted molar refractivity (Wildman–Crippen MR) is 179 cm³/mol. The van der Waals surface area contributed by atoms with Gasteiger partial charge in [0.1, 0.15) is 22.2 Å². The van der Waals surface area contributed by atoms with Gasteiger partial charge in [0, 0.05) is 35.3 Å². The molecule has 1 unspecified atom stereocenters. The van der Waals surface area contributed by atoms with Crippen LogP contribution in [0.25, 0.3) is 54.1 Å². The largest absolute Gasteiger partial charge is 0.493 e. The SMILES string of the molecule is CCc1c(C)cc2nc3sc2c1-c1ccc2c(c1)C(CCCCCOc1cnccc1-c1nn(C)c4ccc-3cc14)CCO2. The highest BCUT2D eigenvalue weighted by Gasteiger charge is 2.25. The molecule has 0 aliphatic carbocycles. The molecule has 0 amide bonds. The number of rotatable bonds is 1. The lowest BCUT2D eigenvalue weighted by Gasteiger charge is -2.27. The van der Waals surface area contributed by atoms with Gasteiger partial charge in [0.15, 0.2) is 0 Å². The second kappa shape index (κ2) is 11.0. The van der Waals surface area contributed by atoms with E-state index >= 15 is 0 Å². The number of aryl methyl sites for hydroxylation is 2. The summed E-state index contributed by atoms with van der Waals surface area (Å²) in [4.78, 5) is 9.63. The van der Waals surface area contributed by atoms with Gasteiger partial charge in [0.25, 0.3) is 0 Å². The fraction of sp³-hybridized carbons (Fsp3) is 0.324. The number of pyridine rings is 1. The first-order valence-electron chi connectivity index (χ1n) is 15.8. The Morgan fingerprint density at radius 2 is 1.82 bits per heavy atom. The second-order valence-electron chi connectivity index (χ2n) is 12.1. The highest BCUT2D eigenvalue weighted by molar-refractivity contribution is 7.22. The van der Waals surface area contributed by atoms with Crippen molar-refractivity contribution in [3.8, 4) is 44.5 Å². The van der Waals surface area contributed by atoms with E-state index in [0.717, 1.165) is 88.5 Å². The number of hydrogen-bond donors (Lipinski definition) is 0. The van der Waals surface area contributed by atoms with Gasteiger partial charge in [-0.3, -0.25) is 9.67 Å². The summed E-state index contributed by atoms with van der Waals surface area (Å²) >= 11 is 1.79. The molecule has 5 heterocycles. The summed E-state index contributed by atoms with van der Waals surface area (Å²) in [5, 5.41) is 7.07. The summed E-state index contributed by atoms with van der Waals surface area (Å²) in [7, 11) is 2.00. The van der Waals surface area contributed by atoms with Crippen molar-refractivity contribution in [1.82, 2.24) is 19.7 Å². The third-order valence-corrected chi connectivity index (χ3v) is 10.6. The summed E-state index contributed by atoms with van der Waals surface area (Å²) in [6, 6.07) is 17.8. The molecule has 6 aromatic rings. The van der Waals surface area contributed by atoms with E-state index < -0.39 is 0 Å². The highest BCUT2D eigenvalue weighted by Crippen LogP contribution is 2.45. The molecule has 0 N–H and O–H groups in total. The average Bonchev–Trinajstić information content (AvgIpc) is 3.62. The summed E-state index contributed by atoms with van der Waals surface area (Å²) in [6.07, 6.45) is 10.1. The first-order valence-corrected chi connectivity index (χ1v) is 16.6. The Morgan fingerprint density at radius 1 is 0.932 bits per heavy atom. The van der Waals surface area contributed by atoms with Crippen molar-refractivity contribution in [2.45, 2.75) is 58.3 Å².